The number of nitrogens with zero attached hydrogens (tertiary/aromatic N) is 5. The first kappa shape index (κ1) is 25.2. The van der Waals surface area contributed by atoms with E-state index in [0.29, 0.717) is 34.3 Å². The molecule has 0 spiro atoms. The van der Waals surface area contributed by atoms with Crippen LogP contribution in [0.2, 0.25) is 5.02 Å². The van der Waals surface area contributed by atoms with Crippen molar-refractivity contribution in [1.29, 1.82) is 0 Å². The molecule has 1 aliphatic rings. The van der Waals surface area contributed by atoms with Crippen LogP contribution in [0.4, 0.5) is 17.3 Å². The second-order valence-electron chi connectivity index (χ2n) is 9.71. The summed E-state index contributed by atoms with van der Waals surface area (Å²) in [5.74, 6) is 1.15. The van der Waals surface area contributed by atoms with Crippen LogP contribution < -0.4 is 15.8 Å². The number of piperazine rings is 1. The quantitative estimate of drug-likeness (QED) is 0.288. The van der Waals surface area contributed by atoms with E-state index in [-0.39, 0.29) is 5.56 Å². The summed E-state index contributed by atoms with van der Waals surface area (Å²) in [5.41, 5.74) is 4.52. The number of aryl methyl sites for hydroxylation is 1. The predicted octanol–water partition coefficient (Wildman–Crippen LogP) is 5.89. The molecule has 8 nitrogen and oxygen atoms in total. The Hall–Kier alpha value is -4.14. The largest absolute Gasteiger partial charge is 0.464 e. The summed E-state index contributed by atoms with van der Waals surface area (Å²) < 4.78 is 7.14. The normalized spacial score (nSPS) is 14.2. The molecule has 3 aromatic heterocycles. The first-order chi connectivity index (χ1) is 19.0. The maximum atomic E-state index is 13.6. The zero-order valence-corrected chi connectivity index (χ0v) is 22.7. The van der Waals surface area contributed by atoms with E-state index in [9.17, 15) is 4.79 Å². The van der Waals surface area contributed by atoms with Crippen LogP contribution in [-0.4, -0.2) is 52.7 Å². The predicted molar refractivity (Wildman–Crippen MR) is 157 cm³/mol. The molecule has 0 unspecified atom stereocenters. The monoisotopic (exact) mass is 540 g/mol. The van der Waals surface area contributed by atoms with E-state index in [1.54, 1.807) is 17.0 Å². The number of fused-ring (bicyclic) bond motifs is 1. The van der Waals surface area contributed by atoms with E-state index in [0.717, 1.165) is 48.6 Å². The number of nitrogens with one attached hydrogen (secondary N) is 1. The number of rotatable bonds is 6. The SMILES string of the molecule is CCn1c(=O)c(-c2ccc(-c3ccco3)cc2Cl)cc2cnc(Nc3ccc(N4CCN(C)CC4)cc3)nc21. The fourth-order valence-corrected chi connectivity index (χ4v) is 5.27. The summed E-state index contributed by atoms with van der Waals surface area (Å²) in [4.78, 5) is 27.5. The number of hydrogen-bond donors (Lipinski definition) is 1. The van der Waals surface area contributed by atoms with Crippen molar-refractivity contribution in [2.45, 2.75) is 13.5 Å². The Kier molecular flexibility index (Phi) is 6.81. The number of hydrogen-bond acceptors (Lipinski definition) is 7. The Morgan fingerprint density at radius 1 is 1.00 bits per heavy atom. The summed E-state index contributed by atoms with van der Waals surface area (Å²) in [6.07, 6.45) is 3.36. The van der Waals surface area contributed by atoms with Gasteiger partial charge in [0.1, 0.15) is 11.4 Å². The van der Waals surface area contributed by atoms with E-state index in [2.05, 4.69) is 39.3 Å². The molecule has 1 fully saturated rings. The molecule has 0 radical (unpaired) electrons. The van der Waals surface area contributed by atoms with E-state index in [1.165, 1.54) is 5.69 Å². The Morgan fingerprint density at radius 3 is 2.49 bits per heavy atom. The van der Waals surface area contributed by atoms with Gasteiger partial charge >= 0.3 is 0 Å². The zero-order valence-electron chi connectivity index (χ0n) is 21.9. The Balaban J connectivity index is 1.29. The van der Waals surface area contributed by atoms with Crippen molar-refractivity contribution in [2.75, 3.05) is 43.4 Å². The number of aromatic nitrogens is 3. The maximum Gasteiger partial charge on any atom is 0.260 e. The van der Waals surface area contributed by atoms with Gasteiger partial charge in [0.2, 0.25) is 5.95 Å². The minimum atomic E-state index is -0.154. The lowest BCUT2D eigenvalue weighted by Crippen LogP contribution is -2.44. The van der Waals surface area contributed by atoms with Crippen molar-refractivity contribution in [3.05, 3.63) is 88.5 Å². The van der Waals surface area contributed by atoms with Crippen molar-refractivity contribution < 1.29 is 4.42 Å². The van der Waals surface area contributed by atoms with Gasteiger partial charge in [0.15, 0.2) is 0 Å². The summed E-state index contributed by atoms with van der Waals surface area (Å²) in [6.45, 7) is 6.56. The van der Waals surface area contributed by atoms with Gasteiger partial charge in [0.05, 0.1) is 6.26 Å². The number of halogens is 1. The number of anilines is 3. The molecule has 4 heterocycles. The highest BCUT2D eigenvalue weighted by molar-refractivity contribution is 6.33. The lowest BCUT2D eigenvalue weighted by atomic mass is 10.0. The van der Waals surface area contributed by atoms with Gasteiger partial charge < -0.3 is 19.5 Å². The second-order valence-corrected chi connectivity index (χ2v) is 10.1. The van der Waals surface area contributed by atoms with Crippen LogP contribution in [0, 0.1) is 0 Å². The highest BCUT2D eigenvalue weighted by Crippen LogP contribution is 2.32. The molecule has 0 bridgehead atoms. The van der Waals surface area contributed by atoms with Gasteiger partial charge in [-0.1, -0.05) is 23.7 Å². The molecule has 0 amide bonds. The molecule has 0 saturated carbocycles. The van der Waals surface area contributed by atoms with Gasteiger partial charge in [-0.15, -0.1) is 0 Å². The van der Waals surface area contributed by atoms with Gasteiger partial charge in [-0.25, -0.2) is 4.98 Å². The van der Waals surface area contributed by atoms with Crippen LogP contribution in [-0.2, 0) is 6.54 Å². The van der Waals surface area contributed by atoms with Crippen LogP contribution >= 0.6 is 11.6 Å². The summed E-state index contributed by atoms with van der Waals surface area (Å²) in [6, 6.07) is 19.4. The average molecular weight is 541 g/mol. The van der Waals surface area contributed by atoms with E-state index in [4.69, 9.17) is 21.0 Å². The van der Waals surface area contributed by atoms with Crippen LogP contribution in [0.1, 0.15) is 6.92 Å². The third-order valence-electron chi connectivity index (χ3n) is 7.20. The minimum Gasteiger partial charge on any atom is -0.464 e. The van der Waals surface area contributed by atoms with Crippen LogP contribution in [0.5, 0.6) is 0 Å². The molecule has 6 rings (SSSR count). The van der Waals surface area contributed by atoms with E-state index in [1.807, 2.05) is 55.5 Å². The first-order valence-corrected chi connectivity index (χ1v) is 13.4. The lowest BCUT2D eigenvalue weighted by molar-refractivity contribution is 0.313. The molecule has 0 atom stereocenters. The molecule has 1 aliphatic heterocycles. The number of likely N-dealkylation sites (N-methyl/N-ethyl adjacent to an activating group) is 1. The third-order valence-corrected chi connectivity index (χ3v) is 7.51. The van der Waals surface area contributed by atoms with Crippen molar-refractivity contribution in [3.8, 4) is 22.5 Å². The van der Waals surface area contributed by atoms with Crippen LogP contribution in [0.25, 0.3) is 33.5 Å². The smallest absolute Gasteiger partial charge is 0.260 e. The summed E-state index contributed by atoms with van der Waals surface area (Å²) in [7, 11) is 2.15. The highest BCUT2D eigenvalue weighted by Gasteiger charge is 2.17. The van der Waals surface area contributed by atoms with Crippen LogP contribution in [0.15, 0.2) is 82.3 Å². The molecular formula is C30H29ClN6O2. The summed E-state index contributed by atoms with van der Waals surface area (Å²) >= 11 is 6.65. The first-order valence-electron chi connectivity index (χ1n) is 13.0. The topological polar surface area (TPSA) is 79.4 Å². The summed E-state index contributed by atoms with van der Waals surface area (Å²) in [5, 5.41) is 4.52. The van der Waals surface area contributed by atoms with Crippen molar-refractivity contribution in [2.24, 2.45) is 0 Å². The number of benzene rings is 2. The Labute approximate surface area is 231 Å². The number of furan rings is 1. The molecule has 198 valence electrons. The molecule has 9 heteroatoms. The van der Waals surface area contributed by atoms with Gasteiger partial charge in [-0.3, -0.25) is 9.36 Å². The van der Waals surface area contributed by atoms with Gasteiger partial charge in [0.25, 0.3) is 5.56 Å². The van der Waals surface area contributed by atoms with E-state index >= 15 is 0 Å². The van der Waals surface area contributed by atoms with Gasteiger partial charge in [-0.05, 0) is 62.5 Å². The van der Waals surface area contributed by atoms with Gasteiger partial charge in [-0.2, -0.15) is 4.98 Å². The third kappa shape index (κ3) is 5.01. The van der Waals surface area contributed by atoms with Crippen LogP contribution in [0.3, 0.4) is 0 Å². The number of pyridine rings is 1. The highest BCUT2D eigenvalue weighted by atomic mass is 35.5. The van der Waals surface area contributed by atoms with Crippen molar-refractivity contribution >= 4 is 40.0 Å². The standard InChI is InChI=1S/C30H29ClN6O2/c1-3-37-28-21(17-25(29(37)38)24-11-6-20(18-26(24)31)27-5-4-16-39-27)19-32-30(34-28)33-22-7-9-23(10-8-22)36-14-12-35(2)13-15-36/h4-11,16-19H,3,12-15H2,1-2H3,(H,32,33,34). The molecular weight excluding hydrogens is 512 g/mol. The molecule has 1 N–H and O–H groups in total. The van der Waals surface area contributed by atoms with Gasteiger partial charge in [0, 0.05) is 77.4 Å². The van der Waals surface area contributed by atoms with Crippen molar-refractivity contribution in [3.63, 3.8) is 0 Å². The Bertz CT molecular complexity index is 1670. The molecule has 5 aromatic rings. The molecule has 2 aromatic carbocycles. The Morgan fingerprint density at radius 2 is 1.79 bits per heavy atom. The molecule has 39 heavy (non-hydrogen) atoms. The van der Waals surface area contributed by atoms with E-state index < -0.39 is 0 Å². The average Bonchev–Trinajstić information content (AvgIpc) is 3.49. The second kappa shape index (κ2) is 10.6. The lowest BCUT2D eigenvalue weighted by Gasteiger charge is -2.34. The zero-order chi connectivity index (χ0) is 26.9. The fraction of sp³-hybridized carbons (Fsp3) is 0.233. The molecule has 1 saturated heterocycles. The van der Waals surface area contributed by atoms with Crippen molar-refractivity contribution in [1.82, 2.24) is 19.4 Å². The minimum absolute atomic E-state index is 0.154. The molecule has 0 aliphatic carbocycles. The fourth-order valence-electron chi connectivity index (χ4n) is 4.98. The maximum absolute atomic E-state index is 13.6.